The fourth-order valence-corrected chi connectivity index (χ4v) is 2.54. The van der Waals surface area contributed by atoms with Crippen LogP contribution < -0.4 is 9.47 Å². The Balaban J connectivity index is 2.49. The van der Waals surface area contributed by atoms with Gasteiger partial charge in [-0.15, -0.1) is 0 Å². The minimum atomic E-state index is -1.42. The van der Waals surface area contributed by atoms with Crippen LogP contribution in [0.25, 0.3) is 0 Å². The maximum Gasteiger partial charge on any atom is 0.339 e. The van der Waals surface area contributed by atoms with E-state index in [4.69, 9.17) is 25.8 Å². The van der Waals surface area contributed by atoms with Crippen LogP contribution in [0, 0.1) is 0 Å². The van der Waals surface area contributed by atoms with Crippen molar-refractivity contribution in [1.29, 1.82) is 0 Å². The van der Waals surface area contributed by atoms with Gasteiger partial charge in [-0.3, -0.25) is 0 Å². The predicted molar refractivity (Wildman–Crippen MR) is 73.4 cm³/mol. The van der Waals surface area contributed by atoms with Crippen LogP contribution in [0.1, 0.15) is 31.1 Å². The van der Waals surface area contributed by atoms with Crippen LogP contribution in [0.5, 0.6) is 11.5 Å². The maximum absolute atomic E-state index is 11.7. The average molecular weight is 301 g/mol. The van der Waals surface area contributed by atoms with E-state index in [1.54, 1.807) is 13.0 Å². The molecule has 0 spiro atoms. The highest BCUT2D eigenvalue weighted by Gasteiger charge is 2.29. The number of benzene rings is 1. The summed E-state index contributed by atoms with van der Waals surface area (Å²) in [5.41, 5.74) is 1.00. The molecular formula is C14H17ClO5. The van der Waals surface area contributed by atoms with E-state index in [1.165, 1.54) is 0 Å². The van der Waals surface area contributed by atoms with Crippen molar-refractivity contribution >= 4 is 17.6 Å². The minimum Gasteiger partial charge on any atom is -0.486 e. The molecule has 110 valence electrons. The Labute approximate surface area is 122 Å². The lowest BCUT2D eigenvalue weighted by Crippen LogP contribution is -2.21. The van der Waals surface area contributed by atoms with Gasteiger partial charge in [-0.05, 0) is 13.3 Å². The van der Waals surface area contributed by atoms with Crippen LogP contribution in [0.15, 0.2) is 6.07 Å². The van der Waals surface area contributed by atoms with Crippen LogP contribution in [-0.2, 0) is 16.0 Å². The van der Waals surface area contributed by atoms with Crippen LogP contribution in [-0.4, -0.2) is 30.9 Å². The summed E-state index contributed by atoms with van der Waals surface area (Å²) in [6.45, 7) is 4.64. The molecule has 1 unspecified atom stereocenters. The van der Waals surface area contributed by atoms with E-state index in [-0.39, 0.29) is 11.6 Å². The molecule has 1 aliphatic heterocycles. The molecule has 5 nitrogen and oxygen atoms in total. The molecule has 0 bridgehead atoms. The summed E-state index contributed by atoms with van der Waals surface area (Å²) in [6.07, 6.45) is -0.869. The molecule has 1 atom stereocenters. The van der Waals surface area contributed by atoms with E-state index in [1.807, 2.05) is 6.92 Å². The molecule has 1 N–H and O–H groups in total. The summed E-state index contributed by atoms with van der Waals surface area (Å²) in [7, 11) is 0. The molecule has 2 rings (SSSR count). The molecule has 1 heterocycles. The van der Waals surface area contributed by atoms with Crippen molar-refractivity contribution in [2.24, 2.45) is 0 Å². The second-order valence-electron chi connectivity index (χ2n) is 4.28. The van der Waals surface area contributed by atoms with Crippen LogP contribution in [0.2, 0.25) is 5.02 Å². The van der Waals surface area contributed by atoms with E-state index >= 15 is 0 Å². The van der Waals surface area contributed by atoms with Gasteiger partial charge >= 0.3 is 5.97 Å². The molecule has 1 aromatic carbocycles. The quantitative estimate of drug-likeness (QED) is 0.864. The van der Waals surface area contributed by atoms with Gasteiger partial charge in [-0.2, -0.15) is 0 Å². The minimum absolute atomic E-state index is 0.194. The number of carbonyl (C=O) groups excluding carboxylic acids is 1. The molecule has 0 saturated carbocycles. The first-order valence-corrected chi connectivity index (χ1v) is 6.93. The topological polar surface area (TPSA) is 65.0 Å². The summed E-state index contributed by atoms with van der Waals surface area (Å²) in [5, 5.41) is 10.4. The first-order chi connectivity index (χ1) is 9.60. The molecule has 0 aromatic heterocycles. The van der Waals surface area contributed by atoms with Gasteiger partial charge in [0.1, 0.15) is 13.2 Å². The summed E-state index contributed by atoms with van der Waals surface area (Å²) < 4.78 is 15.9. The highest BCUT2D eigenvalue weighted by molar-refractivity contribution is 6.32. The van der Waals surface area contributed by atoms with Gasteiger partial charge in [0.15, 0.2) is 17.6 Å². The lowest BCUT2D eigenvalue weighted by Gasteiger charge is -2.25. The van der Waals surface area contributed by atoms with Crippen molar-refractivity contribution in [2.45, 2.75) is 26.4 Å². The number of halogens is 1. The Bertz CT molecular complexity index is 515. The number of ether oxygens (including phenoxy) is 3. The molecule has 0 amide bonds. The van der Waals surface area contributed by atoms with E-state index in [0.29, 0.717) is 42.3 Å². The second kappa shape index (κ2) is 6.33. The number of hydrogen-bond donors (Lipinski definition) is 1. The Morgan fingerprint density at radius 2 is 2.15 bits per heavy atom. The molecule has 20 heavy (non-hydrogen) atoms. The number of hydrogen-bond acceptors (Lipinski definition) is 5. The molecule has 1 aromatic rings. The van der Waals surface area contributed by atoms with Crippen molar-refractivity contribution < 1.29 is 24.1 Å². The fourth-order valence-electron chi connectivity index (χ4n) is 2.22. The van der Waals surface area contributed by atoms with Gasteiger partial charge in [0.05, 0.1) is 11.6 Å². The Morgan fingerprint density at radius 1 is 1.45 bits per heavy atom. The largest absolute Gasteiger partial charge is 0.486 e. The lowest BCUT2D eigenvalue weighted by molar-refractivity contribution is -0.153. The Kier molecular flexibility index (Phi) is 4.73. The second-order valence-corrected chi connectivity index (χ2v) is 4.69. The van der Waals surface area contributed by atoms with E-state index in [2.05, 4.69) is 0 Å². The van der Waals surface area contributed by atoms with Gasteiger partial charge in [0.25, 0.3) is 0 Å². The number of aliphatic hydroxyl groups excluding tert-OH is 1. The smallest absolute Gasteiger partial charge is 0.339 e. The maximum atomic E-state index is 11.7. The van der Waals surface area contributed by atoms with Gasteiger partial charge in [0, 0.05) is 17.2 Å². The molecular weight excluding hydrogens is 284 g/mol. The molecule has 0 aliphatic carbocycles. The highest BCUT2D eigenvalue weighted by atomic mass is 35.5. The standard InChI is InChI=1S/C14H17ClO5/c1-3-8-11(12(16)14(17)18-4-2)9(15)7-10-13(8)20-6-5-19-10/h7,12,16H,3-6H2,1-2H3. The average Bonchev–Trinajstić information content (AvgIpc) is 2.45. The zero-order chi connectivity index (χ0) is 14.7. The number of aliphatic hydroxyl groups is 1. The van der Waals surface area contributed by atoms with Crippen molar-refractivity contribution in [3.8, 4) is 11.5 Å². The van der Waals surface area contributed by atoms with E-state index in [0.717, 1.165) is 0 Å². The first-order valence-electron chi connectivity index (χ1n) is 6.55. The Hall–Kier alpha value is -1.46. The molecule has 6 heteroatoms. The van der Waals surface area contributed by atoms with Crippen LogP contribution >= 0.6 is 11.6 Å². The summed E-state index contributed by atoms with van der Waals surface area (Å²) >= 11 is 6.18. The van der Waals surface area contributed by atoms with E-state index in [9.17, 15) is 9.90 Å². The SMILES string of the molecule is CCOC(=O)C(O)c1c(Cl)cc2c(c1CC)OCCO2. The highest BCUT2D eigenvalue weighted by Crippen LogP contribution is 2.42. The third-order valence-electron chi connectivity index (χ3n) is 3.06. The summed E-state index contributed by atoms with van der Waals surface area (Å²) in [4.78, 5) is 11.7. The summed E-state index contributed by atoms with van der Waals surface area (Å²) in [6, 6.07) is 1.56. The number of fused-ring (bicyclic) bond motifs is 1. The third-order valence-corrected chi connectivity index (χ3v) is 3.37. The molecule has 1 aliphatic rings. The molecule has 0 fully saturated rings. The van der Waals surface area contributed by atoms with E-state index < -0.39 is 12.1 Å². The summed E-state index contributed by atoms with van der Waals surface area (Å²) in [5.74, 6) is 0.361. The van der Waals surface area contributed by atoms with Gasteiger partial charge in [-0.1, -0.05) is 18.5 Å². The van der Waals surface area contributed by atoms with Crippen molar-refractivity contribution in [1.82, 2.24) is 0 Å². The van der Waals surface area contributed by atoms with Gasteiger partial charge < -0.3 is 19.3 Å². The van der Waals surface area contributed by atoms with Gasteiger partial charge in [0.2, 0.25) is 0 Å². The molecule has 0 radical (unpaired) electrons. The first kappa shape index (κ1) is 14.9. The normalized spacial score (nSPS) is 14.8. The fraction of sp³-hybridized carbons (Fsp3) is 0.500. The molecule has 0 saturated heterocycles. The van der Waals surface area contributed by atoms with Crippen LogP contribution in [0.4, 0.5) is 0 Å². The monoisotopic (exact) mass is 300 g/mol. The van der Waals surface area contributed by atoms with Crippen molar-refractivity contribution in [3.05, 3.63) is 22.2 Å². The number of esters is 1. The Morgan fingerprint density at radius 3 is 2.80 bits per heavy atom. The third kappa shape index (κ3) is 2.69. The predicted octanol–water partition coefficient (Wildman–Crippen LogP) is 2.27. The van der Waals surface area contributed by atoms with Crippen molar-refractivity contribution in [2.75, 3.05) is 19.8 Å². The zero-order valence-electron chi connectivity index (χ0n) is 11.4. The lowest BCUT2D eigenvalue weighted by atomic mass is 9.98. The van der Waals surface area contributed by atoms with Crippen molar-refractivity contribution in [3.63, 3.8) is 0 Å². The van der Waals surface area contributed by atoms with Crippen LogP contribution in [0.3, 0.4) is 0 Å². The van der Waals surface area contributed by atoms with Gasteiger partial charge in [-0.25, -0.2) is 4.79 Å². The zero-order valence-corrected chi connectivity index (χ0v) is 12.2. The number of rotatable bonds is 4. The number of carbonyl (C=O) groups is 1.